The molecule has 1 aromatic carbocycles. The number of carbonyl (C=O) groups is 7. The van der Waals surface area contributed by atoms with E-state index in [-0.39, 0.29) is 56.2 Å². The largest absolute Gasteiger partial charge is 0.481 e. The fraction of sp³-hybridized carbons (Fsp3) is 0.740. The molecule has 0 fully saturated rings. The van der Waals surface area contributed by atoms with Gasteiger partial charge in [-0.15, -0.1) is 0 Å². The molecule has 0 radical (unpaired) electrons. The molecule has 0 aliphatic carbocycles. The van der Waals surface area contributed by atoms with Crippen LogP contribution in [0.25, 0.3) is 0 Å². The molecule has 2 N–H and O–H groups in total. The lowest BCUT2D eigenvalue weighted by atomic mass is 9.81. The van der Waals surface area contributed by atoms with Crippen LogP contribution in [-0.4, -0.2) is 105 Å². The Morgan fingerprint density at radius 1 is 0.703 bits per heavy atom. The van der Waals surface area contributed by atoms with E-state index in [0.29, 0.717) is 81.3 Å². The summed E-state index contributed by atoms with van der Waals surface area (Å²) in [5, 5.41) is 19.9. The fourth-order valence-electron chi connectivity index (χ4n) is 7.38. The number of unbranched alkanes of at least 4 members (excludes halogenated alkanes) is 6. The van der Waals surface area contributed by atoms with Gasteiger partial charge in [0.1, 0.15) is 12.0 Å². The first-order chi connectivity index (χ1) is 35.5. The van der Waals surface area contributed by atoms with Crippen LogP contribution in [0.5, 0.6) is 0 Å². The van der Waals surface area contributed by atoms with E-state index in [1.165, 1.54) is 7.11 Å². The number of esters is 1. The Balaban J connectivity index is 3.77. The highest BCUT2D eigenvalue weighted by atomic mass is 32.2. The molecule has 24 heteroatoms. The molecule has 0 aliphatic heterocycles. The van der Waals surface area contributed by atoms with Gasteiger partial charge >= 0.3 is 41.8 Å². The molecule has 0 saturated heterocycles. The van der Waals surface area contributed by atoms with Gasteiger partial charge in [0.15, 0.2) is 4.75 Å². The van der Waals surface area contributed by atoms with Gasteiger partial charge in [0.2, 0.25) is 23.9 Å². The molecule has 1 aromatic rings. The van der Waals surface area contributed by atoms with Crippen molar-refractivity contribution in [2.24, 2.45) is 5.92 Å². The Bertz CT molecular complexity index is 1750. The number of ether oxygens (including phenoxy) is 2. The van der Waals surface area contributed by atoms with Gasteiger partial charge in [-0.2, -0.15) is 35.0 Å². The molecular formula is C50H80O19S5. The van der Waals surface area contributed by atoms with Crippen LogP contribution in [0.3, 0.4) is 0 Å². The Kier molecular flexibility index (Phi) is 39.3. The first-order valence-electron chi connectivity index (χ1n) is 25.4. The quantitative estimate of drug-likeness (QED) is 0.00900. The van der Waals surface area contributed by atoms with Gasteiger partial charge in [-0.3, -0.25) is 23.5 Å². The zero-order chi connectivity index (χ0) is 55.2. The van der Waals surface area contributed by atoms with Crippen molar-refractivity contribution in [1.82, 2.24) is 0 Å². The van der Waals surface area contributed by atoms with Crippen molar-refractivity contribution in [3.63, 3.8) is 0 Å². The molecule has 19 nitrogen and oxygen atoms in total. The Morgan fingerprint density at radius 3 is 2.03 bits per heavy atom. The van der Waals surface area contributed by atoms with E-state index in [0.717, 1.165) is 44.9 Å². The summed E-state index contributed by atoms with van der Waals surface area (Å²) >= 11 is 9.78. The molecule has 0 heterocycles. The number of hydrogen-bond acceptors (Lipinski definition) is 22. The summed E-state index contributed by atoms with van der Waals surface area (Å²) in [5.41, 5.74) is -1.09. The second-order valence-electron chi connectivity index (χ2n) is 17.6. The highest BCUT2D eigenvalue weighted by Gasteiger charge is 2.52. The van der Waals surface area contributed by atoms with E-state index in [1.807, 2.05) is 19.9 Å². The van der Waals surface area contributed by atoms with Crippen molar-refractivity contribution >= 4 is 103 Å². The second kappa shape index (κ2) is 42.1. The van der Waals surface area contributed by atoms with Crippen LogP contribution in [0.4, 0.5) is 0 Å². The highest BCUT2D eigenvalue weighted by Crippen LogP contribution is 2.47. The van der Waals surface area contributed by atoms with Crippen LogP contribution in [-0.2, 0) is 79.3 Å². The first kappa shape index (κ1) is 69.1. The van der Waals surface area contributed by atoms with Crippen LogP contribution in [0.15, 0.2) is 30.3 Å². The van der Waals surface area contributed by atoms with Gasteiger partial charge in [-0.25, -0.2) is 24.0 Å². The second-order valence-corrected chi connectivity index (χ2v) is 21.2. The van der Waals surface area contributed by atoms with Crippen molar-refractivity contribution < 1.29 is 89.5 Å². The number of thiol groups is 2. The topological polar surface area (TPSA) is 252 Å². The minimum absolute atomic E-state index is 0.0229. The molecule has 8 unspecified atom stereocenters. The van der Waals surface area contributed by atoms with Crippen LogP contribution in [0.2, 0.25) is 0 Å². The van der Waals surface area contributed by atoms with Gasteiger partial charge in [-0.05, 0) is 70.3 Å². The summed E-state index contributed by atoms with van der Waals surface area (Å²) in [6, 6.07) is 9.01. The third-order valence-corrected chi connectivity index (χ3v) is 14.7. The van der Waals surface area contributed by atoms with Crippen molar-refractivity contribution in [2.75, 3.05) is 19.5 Å². The number of benzene rings is 1. The van der Waals surface area contributed by atoms with E-state index in [9.17, 15) is 39.0 Å². The Morgan fingerprint density at radius 2 is 1.38 bits per heavy atom. The summed E-state index contributed by atoms with van der Waals surface area (Å²) in [5.74, 6) is -8.32. The average molecular weight is 1150 g/mol. The number of hydrogen-bond donors (Lipinski definition) is 4. The lowest BCUT2D eigenvalue weighted by Crippen LogP contribution is -2.46. The van der Waals surface area contributed by atoms with Gasteiger partial charge in [0.25, 0.3) is 0 Å². The number of aliphatic carboxylic acids is 2. The van der Waals surface area contributed by atoms with Crippen molar-refractivity contribution in [3.05, 3.63) is 35.9 Å². The Hall–Kier alpha value is -2.94. The molecule has 0 aliphatic rings. The van der Waals surface area contributed by atoms with E-state index < -0.39 is 94.3 Å². The van der Waals surface area contributed by atoms with Gasteiger partial charge in [0.05, 0.1) is 57.7 Å². The minimum Gasteiger partial charge on any atom is -0.481 e. The summed E-state index contributed by atoms with van der Waals surface area (Å²) in [6.45, 7) is 9.53. The van der Waals surface area contributed by atoms with Crippen molar-refractivity contribution in [1.29, 1.82) is 0 Å². The Labute approximate surface area is 461 Å². The molecule has 0 bridgehead atoms. The van der Waals surface area contributed by atoms with Gasteiger partial charge in [-0.1, -0.05) is 115 Å². The molecule has 74 heavy (non-hydrogen) atoms. The van der Waals surface area contributed by atoms with Gasteiger partial charge < -0.3 is 32.2 Å². The summed E-state index contributed by atoms with van der Waals surface area (Å²) < 4.78 is 32.7. The predicted octanol–water partition coefficient (Wildman–Crippen LogP) is 11.3. The maximum atomic E-state index is 15.1. The van der Waals surface area contributed by atoms with Crippen LogP contribution in [0.1, 0.15) is 181 Å². The average Bonchev–Trinajstić information content (AvgIpc) is 3.35. The molecule has 8 atom stereocenters. The number of carbonyl (C=O) groups excluding carboxylic acids is 5. The van der Waals surface area contributed by atoms with Crippen molar-refractivity contribution in [3.8, 4) is 0 Å². The van der Waals surface area contributed by atoms with Crippen LogP contribution >= 0.6 is 61.7 Å². The monoisotopic (exact) mass is 1140 g/mol. The SMILES string of the molecule is CCCCCCC(C)OSOC(=O)C(CC(=O)O)OC(=O)C(OC(CCC)CCCCC)SOC(=O)C(CC(=O)O)(SOC(C)c1ccccc1)C(CCCCOOC(=O)CCS)CCCC(S)CC(=O)OOC. The smallest absolute Gasteiger partial charge is 0.361 e. The zero-order valence-corrected chi connectivity index (χ0v) is 47.9. The number of carboxylic acid groups (broad SMARTS) is 2. The molecule has 0 amide bonds. The zero-order valence-electron chi connectivity index (χ0n) is 43.6. The minimum atomic E-state index is -2.04. The third-order valence-electron chi connectivity index (χ3n) is 11.3. The first-order valence-corrected chi connectivity index (χ1v) is 28.8. The van der Waals surface area contributed by atoms with E-state index in [4.69, 9.17) is 36.0 Å². The van der Waals surface area contributed by atoms with Crippen molar-refractivity contribution in [2.45, 2.75) is 209 Å². The lowest BCUT2D eigenvalue weighted by molar-refractivity contribution is -0.272. The number of carboxylic acids is 2. The van der Waals surface area contributed by atoms with Crippen LogP contribution in [0, 0.1) is 5.92 Å². The fourth-order valence-corrected chi connectivity index (χ4v) is 10.1. The van der Waals surface area contributed by atoms with Gasteiger partial charge in [0, 0.05) is 23.0 Å². The standard InChI is InChI=1S/C50H80O19S5/c1-7-10-12-15-22-35(4)66-74-68-46(57)41(33-42(51)52)63-47(58)48(62-39(21-9-3)27-14-11-8-2)72-69-49(59)50(34-43(53)54,73-67-36(5)37-23-16-13-17-24-37)38(25-18-19-30-61-65-44(55)29-31-70)26-20-28-40(71)32-45(56)64-60-6/h13,16-17,23-24,35-36,38-41,48,70-71H,7-12,14-15,18-22,25-34H2,1-6H3,(H,51,52)(H,53,54). The van der Waals surface area contributed by atoms with E-state index in [2.05, 4.69) is 42.0 Å². The van der Waals surface area contributed by atoms with E-state index in [1.54, 1.807) is 38.1 Å². The normalized spacial score (nSPS) is 15.0. The summed E-state index contributed by atoms with van der Waals surface area (Å²) in [6.07, 6.45) is 4.92. The summed E-state index contributed by atoms with van der Waals surface area (Å²) in [4.78, 5) is 111. The molecule has 0 spiro atoms. The molecule has 0 saturated carbocycles. The molecular weight excluding hydrogens is 1060 g/mol. The highest BCUT2D eigenvalue weighted by molar-refractivity contribution is 7.98. The maximum absolute atomic E-state index is 15.1. The molecule has 0 aromatic heterocycles. The van der Waals surface area contributed by atoms with Crippen LogP contribution < -0.4 is 0 Å². The molecule has 424 valence electrons. The third kappa shape index (κ3) is 30.7. The number of rotatable bonds is 46. The van der Waals surface area contributed by atoms with E-state index >= 15 is 4.79 Å². The maximum Gasteiger partial charge on any atom is 0.361 e. The summed E-state index contributed by atoms with van der Waals surface area (Å²) in [7, 11) is 1.19. The lowest BCUT2D eigenvalue weighted by Gasteiger charge is -2.37. The molecule has 1 rings (SSSR count). The predicted molar refractivity (Wildman–Crippen MR) is 287 cm³/mol.